The quantitative estimate of drug-likeness (QED) is 0.261. The molecule has 12 nitrogen and oxygen atoms in total. The average molecular weight is 435 g/mol. The SMILES string of the molecule is CC(N1CCCCC1)C(c1nc(-c2ccccc2)no1)([N+](=O)[O-])[N+](=O)[O-].CCOC=O. The number of nitrogens with zero attached hydrogens (tertiary/aromatic N) is 5. The van der Waals surface area contributed by atoms with E-state index in [1.165, 1.54) is 6.92 Å². The van der Waals surface area contributed by atoms with Crippen LogP contribution in [0.4, 0.5) is 0 Å². The van der Waals surface area contributed by atoms with Crippen molar-refractivity contribution in [1.82, 2.24) is 15.0 Å². The molecule has 3 rings (SSSR count). The average Bonchev–Trinajstić information content (AvgIpc) is 3.26. The number of rotatable bonds is 8. The Hall–Kier alpha value is -3.41. The normalized spacial score (nSPS) is 15.3. The van der Waals surface area contributed by atoms with Crippen molar-refractivity contribution in [3.05, 3.63) is 56.5 Å². The highest BCUT2D eigenvalue weighted by Crippen LogP contribution is 2.34. The van der Waals surface area contributed by atoms with E-state index in [4.69, 9.17) is 4.52 Å². The van der Waals surface area contributed by atoms with Crippen LogP contribution in [-0.2, 0) is 15.2 Å². The maximum Gasteiger partial charge on any atom is 0.549 e. The number of nitro groups is 2. The Bertz CT molecular complexity index is 854. The lowest BCUT2D eigenvalue weighted by Crippen LogP contribution is -2.59. The molecule has 1 aliphatic rings. The highest BCUT2D eigenvalue weighted by molar-refractivity contribution is 5.53. The number of hydrogen-bond acceptors (Lipinski definition) is 10. The zero-order chi connectivity index (χ0) is 22.9. The first-order valence-corrected chi connectivity index (χ1v) is 9.87. The Labute approximate surface area is 178 Å². The number of carbonyl (C=O) groups is 1. The van der Waals surface area contributed by atoms with Crippen LogP contribution >= 0.6 is 0 Å². The number of hydrogen-bond donors (Lipinski definition) is 0. The maximum absolute atomic E-state index is 11.9. The van der Waals surface area contributed by atoms with Crippen LogP contribution in [-0.4, -0.2) is 57.1 Å². The van der Waals surface area contributed by atoms with E-state index in [2.05, 4.69) is 14.9 Å². The summed E-state index contributed by atoms with van der Waals surface area (Å²) in [6.07, 6.45) is 2.69. The number of likely N-dealkylation sites (tertiary alicyclic amines) is 1. The lowest BCUT2D eigenvalue weighted by Gasteiger charge is -2.33. The third-order valence-electron chi connectivity index (χ3n) is 5.09. The minimum Gasteiger partial charge on any atom is -0.468 e. The molecule has 1 fully saturated rings. The van der Waals surface area contributed by atoms with Gasteiger partial charge in [-0.15, -0.1) is 0 Å². The summed E-state index contributed by atoms with van der Waals surface area (Å²) in [4.78, 5) is 36.9. The molecule has 0 N–H and O–H groups in total. The molecule has 0 spiro atoms. The van der Waals surface area contributed by atoms with Crippen molar-refractivity contribution in [2.45, 2.75) is 44.8 Å². The van der Waals surface area contributed by atoms with Crippen LogP contribution in [0.5, 0.6) is 0 Å². The Kier molecular flexibility index (Phi) is 8.55. The summed E-state index contributed by atoms with van der Waals surface area (Å²) in [5.74, 6) is -0.524. The zero-order valence-electron chi connectivity index (χ0n) is 17.4. The summed E-state index contributed by atoms with van der Waals surface area (Å²) in [6.45, 7) is 5.26. The molecule has 0 radical (unpaired) electrons. The van der Waals surface area contributed by atoms with E-state index in [1.54, 1.807) is 42.2 Å². The summed E-state index contributed by atoms with van der Waals surface area (Å²) < 4.78 is 9.20. The molecule has 1 aliphatic heterocycles. The third kappa shape index (κ3) is 5.20. The van der Waals surface area contributed by atoms with Gasteiger partial charge in [-0.05, 0) is 39.8 Å². The van der Waals surface area contributed by atoms with Crippen LogP contribution in [0.25, 0.3) is 11.4 Å². The van der Waals surface area contributed by atoms with Gasteiger partial charge in [-0.1, -0.05) is 41.9 Å². The van der Waals surface area contributed by atoms with Gasteiger partial charge in [0.25, 0.3) is 6.47 Å². The second-order valence-electron chi connectivity index (χ2n) is 6.85. The van der Waals surface area contributed by atoms with Gasteiger partial charge in [-0.3, -0.25) is 29.9 Å². The van der Waals surface area contributed by atoms with Crippen LogP contribution in [0.2, 0.25) is 0 Å². The van der Waals surface area contributed by atoms with Crippen LogP contribution in [0.3, 0.4) is 0 Å². The molecule has 31 heavy (non-hydrogen) atoms. The molecule has 0 saturated carbocycles. The minimum atomic E-state index is -2.71. The Balaban J connectivity index is 0.000000614. The molecule has 1 atom stereocenters. The highest BCUT2D eigenvalue weighted by Gasteiger charge is 2.69. The Morgan fingerprint density at radius 1 is 1.19 bits per heavy atom. The molecule has 1 unspecified atom stereocenters. The number of carbonyl (C=O) groups excluding carboxylic acids is 1. The van der Waals surface area contributed by atoms with Crippen molar-refractivity contribution >= 4 is 6.47 Å². The van der Waals surface area contributed by atoms with Gasteiger partial charge < -0.3 is 9.26 Å². The molecule has 2 aromatic rings. The van der Waals surface area contributed by atoms with Gasteiger partial charge in [0, 0.05) is 5.56 Å². The van der Waals surface area contributed by atoms with Gasteiger partial charge in [0.2, 0.25) is 5.82 Å². The van der Waals surface area contributed by atoms with Crippen molar-refractivity contribution < 1.29 is 23.9 Å². The molecule has 1 aromatic carbocycles. The molecule has 12 heteroatoms. The molecule has 0 bridgehead atoms. The van der Waals surface area contributed by atoms with E-state index in [9.17, 15) is 25.0 Å². The zero-order valence-corrected chi connectivity index (χ0v) is 17.4. The predicted octanol–water partition coefficient (Wildman–Crippen LogP) is 2.50. The summed E-state index contributed by atoms with van der Waals surface area (Å²) in [7, 11) is 0. The van der Waals surface area contributed by atoms with Crippen molar-refractivity contribution in [3.8, 4) is 11.4 Å². The first kappa shape index (κ1) is 23.9. The largest absolute Gasteiger partial charge is 0.549 e. The molecule has 2 heterocycles. The maximum atomic E-state index is 11.9. The second kappa shape index (κ2) is 11.1. The van der Waals surface area contributed by atoms with E-state index in [0.29, 0.717) is 31.7 Å². The third-order valence-corrected chi connectivity index (χ3v) is 5.09. The van der Waals surface area contributed by atoms with Crippen LogP contribution in [0.15, 0.2) is 34.9 Å². The van der Waals surface area contributed by atoms with E-state index >= 15 is 0 Å². The van der Waals surface area contributed by atoms with Crippen molar-refractivity contribution in [1.29, 1.82) is 0 Å². The molecule has 168 valence electrons. The van der Waals surface area contributed by atoms with E-state index in [1.807, 2.05) is 0 Å². The summed E-state index contributed by atoms with van der Waals surface area (Å²) in [5, 5.41) is 27.5. The lowest BCUT2D eigenvalue weighted by molar-refractivity contribution is -0.820. The smallest absolute Gasteiger partial charge is 0.468 e. The van der Waals surface area contributed by atoms with Gasteiger partial charge >= 0.3 is 11.6 Å². The number of piperidine rings is 1. The van der Waals surface area contributed by atoms with E-state index in [0.717, 1.165) is 19.3 Å². The second-order valence-corrected chi connectivity index (χ2v) is 6.85. The summed E-state index contributed by atoms with van der Waals surface area (Å²) in [5.41, 5.74) is -2.15. The van der Waals surface area contributed by atoms with Gasteiger partial charge in [-0.2, -0.15) is 4.98 Å². The fourth-order valence-corrected chi connectivity index (χ4v) is 3.41. The highest BCUT2D eigenvalue weighted by atomic mass is 16.7. The van der Waals surface area contributed by atoms with Crippen LogP contribution in [0.1, 0.15) is 39.0 Å². The molecule has 0 aliphatic carbocycles. The number of aromatic nitrogens is 2. The lowest BCUT2D eigenvalue weighted by atomic mass is 9.98. The van der Waals surface area contributed by atoms with Gasteiger partial charge in [0.15, 0.2) is 6.04 Å². The van der Waals surface area contributed by atoms with Gasteiger partial charge in [0.05, 0.1) is 6.61 Å². The van der Waals surface area contributed by atoms with Crippen molar-refractivity contribution in [3.63, 3.8) is 0 Å². The van der Waals surface area contributed by atoms with Crippen molar-refractivity contribution in [2.75, 3.05) is 19.7 Å². The standard InChI is InChI=1S/C16H19N5O5.C3H6O2/c1-12(19-10-6-3-7-11-19)16(20(22)23,21(24)25)15-17-14(18-26-15)13-8-4-2-5-9-13;1-2-5-3-4/h2,4-5,8-9,12H,3,6-7,10-11H2,1H3;3H,2H2,1H3. The fraction of sp³-hybridized carbons (Fsp3) is 0.526. The molecule has 0 amide bonds. The van der Waals surface area contributed by atoms with E-state index in [-0.39, 0.29) is 5.82 Å². The first-order valence-electron chi connectivity index (χ1n) is 9.87. The summed E-state index contributed by atoms with van der Waals surface area (Å²) >= 11 is 0. The van der Waals surface area contributed by atoms with Gasteiger partial charge in [-0.25, -0.2) is 0 Å². The van der Waals surface area contributed by atoms with Crippen LogP contribution in [0, 0.1) is 20.2 Å². The number of benzene rings is 1. The molecule has 1 aromatic heterocycles. The topological polar surface area (TPSA) is 155 Å². The Morgan fingerprint density at radius 3 is 2.29 bits per heavy atom. The molecular formula is C19H25N5O7. The molecular weight excluding hydrogens is 410 g/mol. The predicted molar refractivity (Wildman–Crippen MR) is 108 cm³/mol. The number of ether oxygens (including phenoxy) is 1. The first-order chi connectivity index (χ1) is 14.9. The fourth-order valence-electron chi connectivity index (χ4n) is 3.41. The summed E-state index contributed by atoms with van der Waals surface area (Å²) in [6, 6.07) is 7.65. The van der Waals surface area contributed by atoms with Gasteiger partial charge in [0.1, 0.15) is 9.85 Å². The van der Waals surface area contributed by atoms with Crippen LogP contribution < -0.4 is 0 Å². The van der Waals surface area contributed by atoms with Crippen molar-refractivity contribution in [2.24, 2.45) is 0 Å². The molecule has 1 saturated heterocycles. The minimum absolute atomic E-state index is 0.0829. The monoisotopic (exact) mass is 435 g/mol. The van der Waals surface area contributed by atoms with E-state index < -0.39 is 27.4 Å². The Morgan fingerprint density at radius 2 is 1.81 bits per heavy atom.